The third kappa shape index (κ3) is 3.91. The standard InChI is InChI=1S/C22H18F2N2O2S/c23-17-5-3-4-16(20(17)24)21(27)25-15-9-7-14(8-10-15)22(28)26-12-2-1-6-19-18(26)11-13-29-19/h3-5,7-11,13H,1-2,6,12H2,(H,25,27). The van der Waals surface area contributed by atoms with E-state index in [2.05, 4.69) is 5.32 Å². The largest absolute Gasteiger partial charge is 0.322 e. The Bertz CT molecular complexity index is 1060. The lowest BCUT2D eigenvalue weighted by molar-refractivity contribution is 0.0985. The summed E-state index contributed by atoms with van der Waals surface area (Å²) in [6.45, 7) is 0.667. The fourth-order valence-electron chi connectivity index (χ4n) is 3.38. The third-order valence-corrected chi connectivity index (χ3v) is 5.85. The third-order valence-electron chi connectivity index (χ3n) is 4.88. The molecule has 0 saturated carbocycles. The second kappa shape index (κ2) is 8.13. The summed E-state index contributed by atoms with van der Waals surface area (Å²) < 4.78 is 27.1. The number of aryl methyl sites for hydroxylation is 1. The van der Waals surface area contributed by atoms with Crippen LogP contribution >= 0.6 is 11.3 Å². The minimum absolute atomic E-state index is 0.0967. The predicted octanol–water partition coefficient (Wildman–Crippen LogP) is 5.26. The zero-order chi connectivity index (χ0) is 20.4. The number of nitrogens with zero attached hydrogens (tertiary/aromatic N) is 1. The first kappa shape index (κ1) is 19.3. The highest BCUT2D eigenvalue weighted by atomic mass is 32.1. The van der Waals surface area contributed by atoms with Gasteiger partial charge in [0.1, 0.15) is 0 Å². The van der Waals surface area contributed by atoms with Gasteiger partial charge in [0.15, 0.2) is 11.6 Å². The van der Waals surface area contributed by atoms with E-state index < -0.39 is 17.5 Å². The summed E-state index contributed by atoms with van der Waals surface area (Å²) in [5.74, 6) is -3.12. The van der Waals surface area contributed by atoms with Crippen molar-refractivity contribution in [2.75, 3.05) is 16.8 Å². The van der Waals surface area contributed by atoms with E-state index in [1.54, 1.807) is 40.5 Å². The van der Waals surface area contributed by atoms with Crippen molar-refractivity contribution >= 4 is 34.5 Å². The molecule has 7 heteroatoms. The van der Waals surface area contributed by atoms with Gasteiger partial charge in [0.05, 0.1) is 11.3 Å². The van der Waals surface area contributed by atoms with E-state index in [4.69, 9.17) is 0 Å². The maximum atomic E-state index is 13.8. The van der Waals surface area contributed by atoms with Gasteiger partial charge in [-0.15, -0.1) is 11.3 Å². The number of halogens is 2. The Hall–Kier alpha value is -3.06. The minimum atomic E-state index is -1.19. The molecule has 2 heterocycles. The maximum Gasteiger partial charge on any atom is 0.258 e. The Morgan fingerprint density at radius 3 is 2.59 bits per heavy atom. The highest BCUT2D eigenvalue weighted by Crippen LogP contribution is 2.32. The fraction of sp³-hybridized carbons (Fsp3) is 0.182. The van der Waals surface area contributed by atoms with Gasteiger partial charge < -0.3 is 10.2 Å². The number of hydrogen-bond donors (Lipinski definition) is 1. The summed E-state index contributed by atoms with van der Waals surface area (Å²) in [7, 11) is 0. The van der Waals surface area contributed by atoms with Crippen molar-refractivity contribution in [1.29, 1.82) is 0 Å². The Balaban J connectivity index is 1.50. The molecule has 3 aromatic rings. The van der Waals surface area contributed by atoms with Crippen LogP contribution in [0.2, 0.25) is 0 Å². The molecule has 0 atom stereocenters. The summed E-state index contributed by atoms with van der Waals surface area (Å²) >= 11 is 1.67. The number of hydrogen-bond acceptors (Lipinski definition) is 3. The van der Waals surface area contributed by atoms with Crippen molar-refractivity contribution in [2.24, 2.45) is 0 Å². The van der Waals surface area contributed by atoms with E-state index in [1.807, 2.05) is 11.4 Å². The Morgan fingerprint density at radius 2 is 1.79 bits per heavy atom. The van der Waals surface area contributed by atoms with Gasteiger partial charge in [0.25, 0.3) is 11.8 Å². The van der Waals surface area contributed by atoms with Gasteiger partial charge >= 0.3 is 0 Å². The van der Waals surface area contributed by atoms with Crippen LogP contribution in [0, 0.1) is 11.6 Å². The summed E-state index contributed by atoms with van der Waals surface area (Å²) in [4.78, 5) is 28.2. The molecule has 1 aliphatic rings. The van der Waals surface area contributed by atoms with Gasteiger partial charge in [-0.25, -0.2) is 8.78 Å². The molecular formula is C22H18F2N2O2S. The zero-order valence-corrected chi connectivity index (χ0v) is 16.3. The summed E-state index contributed by atoms with van der Waals surface area (Å²) in [6.07, 6.45) is 2.98. The molecule has 4 nitrogen and oxygen atoms in total. The predicted molar refractivity (Wildman–Crippen MR) is 110 cm³/mol. The van der Waals surface area contributed by atoms with Crippen molar-refractivity contribution in [3.8, 4) is 0 Å². The second-order valence-electron chi connectivity index (χ2n) is 6.78. The van der Waals surface area contributed by atoms with Crippen molar-refractivity contribution < 1.29 is 18.4 Å². The van der Waals surface area contributed by atoms with Crippen LogP contribution in [0.3, 0.4) is 0 Å². The SMILES string of the molecule is O=C(Nc1ccc(C(=O)N2CCCCc3sccc32)cc1)c1cccc(F)c1F. The first-order chi connectivity index (χ1) is 14.0. The Labute approximate surface area is 170 Å². The first-order valence-electron chi connectivity index (χ1n) is 9.28. The molecule has 4 rings (SSSR count). The van der Waals surface area contributed by atoms with Crippen LogP contribution in [0.25, 0.3) is 0 Å². The van der Waals surface area contributed by atoms with E-state index in [0.717, 1.165) is 31.0 Å². The van der Waals surface area contributed by atoms with E-state index in [0.29, 0.717) is 17.8 Å². The lowest BCUT2D eigenvalue weighted by Crippen LogP contribution is -2.31. The van der Waals surface area contributed by atoms with Gasteiger partial charge in [-0.2, -0.15) is 0 Å². The number of nitrogens with one attached hydrogen (secondary N) is 1. The molecule has 1 N–H and O–H groups in total. The van der Waals surface area contributed by atoms with Crippen LogP contribution in [0.5, 0.6) is 0 Å². The van der Waals surface area contributed by atoms with Gasteiger partial charge in [0, 0.05) is 22.7 Å². The number of fused-ring (bicyclic) bond motifs is 1. The number of thiophene rings is 1. The topological polar surface area (TPSA) is 49.4 Å². The molecule has 29 heavy (non-hydrogen) atoms. The number of carbonyl (C=O) groups excluding carboxylic acids is 2. The summed E-state index contributed by atoms with van der Waals surface area (Å²) in [5.41, 5.74) is 1.48. The number of benzene rings is 2. The molecule has 2 amide bonds. The molecule has 1 aromatic heterocycles. The van der Waals surface area contributed by atoms with Crippen LogP contribution in [0.4, 0.5) is 20.2 Å². The number of anilines is 2. The van der Waals surface area contributed by atoms with E-state index in [9.17, 15) is 18.4 Å². The minimum Gasteiger partial charge on any atom is -0.322 e. The monoisotopic (exact) mass is 412 g/mol. The molecular weight excluding hydrogens is 394 g/mol. The Kier molecular flexibility index (Phi) is 5.40. The highest BCUT2D eigenvalue weighted by molar-refractivity contribution is 7.10. The number of carbonyl (C=O) groups is 2. The van der Waals surface area contributed by atoms with Gasteiger partial charge in [-0.3, -0.25) is 9.59 Å². The molecule has 0 radical (unpaired) electrons. The molecule has 2 aromatic carbocycles. The van der Waals surface area contributed by atoms with E-state index in [1.165, 1.54) is 17.0 Å². The van der Waals surface area contributed by atoms with Crippen LogP contribution in [0.15, 0.2) is 53.9 Å². The average molecular weight is 412 g/mol. The molecule has 0 spiro atoms. The second-order valence-corrected chi connectivity index (χ2v) is 7.78. The summed E-state index contributed by atoms with van der Waals surface area (Å²) in [5, 5.41) is 4.53. The quantitative estimate of drug-likeness (QED) is 0.638. The molecule has 0 unspecified atom stereocenters. The molecule has 1 aliphatic heterocycles. The van der Waals surface area contributed by atoms with Gasteiger partial charge in [0.2, 0.25) is 0 Å². The fourth-order valence-corrected chi connectivity index (χ4v) is 4.30. The maximum absolute atomic E-state index is 13.8. The van der Waals surface area contributed by atoms with Gasteiger partial charge in [-0.1, -0.05) is 6.07 Å². The summed E-state index contributed by atoms with van der Waals surface area (Å²) in [6, 6.07) is 11.8. The number of amides is 2. The number of rotatable bonds is 3. The first-order valence-corrected chi connectivity index (χ1v) is 10.2. The van der Waals surface area contributed by atoms with Crippen molar-refractivity contribution in [3.05, 3.63) is 81.5 Å². The van der Waals surface area contributed by atoms with E-state index in [-0.39, 0.29) is 11.5 Å². The van der Waals surface area contributed by atoms with Gasteiger partial charge in [-0.05, 0) is 67.1 Å². The van der Waals surface area contributed by atoms with Crippen molar-refractivity contribution in [2.45, 2.75) is 19.3 Å². The normalized spacial score (nSPS) is 13.5. The molecule has 0 saturated heterocycles. The van der Waals surface area contributed by atoms with Crippen LogP contribution < -0.4 is 10.2 Å². The molecule has 0 bridgehead atoms. The van der Waals surface area contributed by atoms with Crippen molar-refractivity contribution in [3.63, 3.8) is 0 Å². The highest BCUT2D eigenvalue weighted by Gasteiger charge is 2.23. The Morgan fingerprint density at radius 1 is 1.00 bits per heavy atom. The lowest BCUT2D eigenvalue weighted by atomic mass is 10.1. The molecule has 0 fully saturated rings. The molecule has 148 valence electrons. The van der Waals surface area contributed by atoms with E-state index >= 15 is 0 Å². The lowest BCUT2D eigenvalue weighted by Gasteiger charge is -2.21. The van der Waals surface area contributed by atoms with Crippen LogP contribution in [0.1, 0.15) is 38.4 Å². The van der Waals surface area contributed by atoms with Crippen molar-refractivity contribution in [1.82, 2.24) is 0 Å². The average Bonchev–Trinajstić information content (AvgIpc) is 3.09. The smallest absolute Gasteiger partial charge is 0.258 e. The van der Waals surface area contributed by atoms with Crippen LogP contribution in [-0.2, 0) is 6.42 Å². The molecule has 0 aliphatic carbocycles. The zero-order valence-electron chi connectivity index (χ0n) is 15.5. The van der Waals surface area contributed by atoms with Crippen LogP contribution in [-0.4, -0.2) is 18.4 Å².